The Bertz CT molecular complexity index is 1120. The fourth-order valence-electron chi connectivity index (χ4n) is 2.87. The summed E-state index contributed by atoms with van der Waals surface area (Å²) < 4.78 is 15.0. The van der Waals surface area contributed by atoms with Crippen molar-refractivity contribution in [1.29, 1.82) is 0 Å². The van der Waals surface area contributed by atoms with Gasteiger partial charge in [0.2, 0.25) is 5.91 Å². The lowest BCUT2D eigenvalue weighted by molar-refractivity contribution is -0.117. The summed E-state index contributed by atoms with van der Waals surface area (Å²) >= 11 is 0. The Morgan fingerprint density at radius 1 is 1.11 bits per heavy atom. The minimum atomic E-state index is -0.781. The van der Waals surface area contributed by atoms with Crippen molar-refractivity contribution < 1.29 is 9.18 Å². The van der Waals surface area contributed by atoms with Crippen molar-refractivity contribution in [2.45, 2.75) is 13.0 Å². The molecule has 0 spiro atoms. The van der Waals surface area contributed by atoms with Crippen LogP contribution in [0.15, 0.2) is 64.2 Å². The number of aromatic amines is 1. The van der Waals surface area contributed by atoms with Crippen LogP contribution in [0.4, 0.5) is 15.9 Å². The molecule has 0 aliphatic carbocycles. The van der Waals surface area contributed by atoms with E-state index < -0.39 is 23.0 Å². The van der Waals surface area contributed by atoms with E-state index in [1.54, 1.807) is 6.07 Å². The monoisotopic (exact) mass is 382 g/mol. The van der Waals surface area contributed by atoms with E-state index in [0.717, 1.165) is 10.5 Å². The van der Waals surface area contributed by atoms with Gasteiger partial charge in [-0.05, 0) is 17.2 Å². The number of nitrogens with one attached hydrogen (secondary N) is 1. The van der Waals surface area contributed by atoms with Crippen molar-refractivity contribution >= 4 is 17.4 Å². The van der Waals surface area contributed by atoms with E-state index in [0.29, 0.717) is 0 Å². The SMILES string of the molecule is CN(C(=O)Cc1ccccc1F)c1c(N)n(Cc2ccccc2)c(=O)[nH]c1=O. The first-order valence-corrected chi connectivity index (χ1v) is 8.55. The summed E-state index contributed by atoms with van der Waals surface area (Å²) in [5.41, 5.74) is 5.46. The maximum Gasteiger partial charge on any atom is 0.330 e. The molecule has 7 nitrogen and oxygen atoms in total. The highest BCUT2D eigenvalue weighted by Gasteiger charge is 2.22. The van der Waals surface area contributed by atoms with Gasteiger partial charge < -0.3 is 10.6 Å². The number of carbonyl (C=O) groups excluding carboxylic acids is 1. The Hall–Kier alpha value is -3.68. The number of nitrogens with zero attached hydrogens (tertiary/aromatic N) is 2. The second-order valence-electron chi connectivity index (χ2n) is 6.29. The third-order valence-corrected chi connectivity index (χ3v) is 4.41. The largest absolute Gasteiger partial charge is 0.383 e. The van der Waals surface area contributed by atoms with Crippen molar-refractivity contribution in [3.63, 3.8) is 0 Å². The van der Waals surface area contributed by atoms with Gasteiger partial charge in [0.1, 0.15) is 11.6 Å². The number of nitrogens with two attached hydrogens (primary N) is 1. The summed E-state index contributed by atoms with van der Waals surface area (Å²) in [6, 6.07) is 15.0. The summed E-state index contributed by atoms with van der Waals surface area (Å²) in [6.07, 6.45) is -0.250. The van der Waals surface area contributed by atoms with Crippen LogP contribution in [-0.2, 0) is 17.8 Å². The van der Waals surface area contributed by atoms with Gasteiger partial charge in [0.15, 0.2) is 5.69 Å². The number of anilines is 2. The maximum atomic E-state index is 13.8. The van der Waals surface area contributed by atoms with E-state index in [2.05, 4.69) is 4.98 Å². The number of carbonyl (C=O) groups is 1. The minimum absolute atomic E-state index is 0.130. The van der Waals surface area contributed by atoms with Crippen LogP contribution in [0, 0.1) is 5.82 Å². The standard InChI is InChI=1S/C20H19FN4O3/c1-24(16(26)11-14-9-5-6-10-15(14)21)17-18(22)25(20(28)23-19(17)27)12-13-7-3-2-4-8-13/h2-10H,11-12,22H2,1H3,(H,23,27,28). The van der Waals surface area contributed by atoms with Crippen LogP contribution >= 0.6 is 0 Å². The molecule has 0 atom stereocenters. The predicted octanol–water partition coefficient (Wildman–Crippen LogP) is 1.51. The lowest BCUT2D eigenvalue weighted by Gasteiger charge is -2.20. The molecule has 0 aliphatic rings. The summed E-state index contributed by atoms with van der Waals surface area (Å²) in [7, 11) is 1.36. The van der Waals surface area contributed by atoms with Crippen LogP contribution in [-0.4, -0.2) is 22.5 Å². The molecule has 0 saturated carbocycles. The number of likely N-dealkylation sites (N-methyl/N-ethyl adjacent to an activating group) is 1. The molecule has 3 aromatic rings. The van der Waals surface area contributed by atoms with Gasteiger partial charge in [0.25, 0.3) is 5.56 Å². The molecule has 0 bridgehead atoms. The molecule has 3 N–H and O–H groups in total. The lowest BCUT2D eigenvalue weighted by atomic mass is 10.1. The molecule has 0 saturated heterocycles. The van der Waals surface area contributed by atoms with Crippen LogP contribution in [0.2, 0.25) is 0 Å². The fourth-order valence-corrected chi connectivity index (χ4v) is 2.87. The third-order valence-electron chi connectivity index (χ3n) is 4.41. The minimum Gasteiger partial charge on any atom is -0.383 e. The molecule has 0 fully saturated rings. The van der Waals surface area contributed by atoms with Crippen molar-refractivity contribution in [2.24, 2.45) is 0 Å². The summed E-state index contributed by atoms with van der Waals surface area (Å²) in [6.45, 7) is 0.130. The Kier molecular flexibility index (Phi) is 5.39. The number of halogens is 1. The van der Waals surface area contributed by atoms with Gasteiger partial charge in [-0.25, -0.2) is 9.18 Å². The van der Waals surface area contributed by atoms with E-state index in [-0.39, 0.29) is 30.0 Å². The quantitative estimate of drug-likeness (QED) is 0.698. The van der Waals surface area contributed by atoms with Crippen LogP contribution in [0.1, 0.15) is 11.1 Å². The van der Waals surface area contributed by atoms with E-state index in [9.17, 15) is 18.8 Å². The number of amides is 1. The normalized spacial score (nSPS) is 10.6. The second kappa shape index (κ2) is 7.91. The molecule has 8 heteroatoms. The van der Waals surface area contributed by atoms with E-state index >= 15 is 0 Å². The molecule has 144 valence electrons. The Balaban J connectivity index is 1.95. The zero-order valence-electron chi connectivity index (χ0n) is 15.2. The molecule has 0 aliphatic heterocycles. The van der Waals surface area contributed by atoms with Crippen LogP contribution in [0.3, 0.4) is 0 Å². The number of benzene rings is 2. The molecule has 2 aromatic carbocycles. The smallest absolute Gasteiger partial charge is 0.330 e. The van der Waals surface area contributed by atoms with Crippen molar-refractivity contribution in [2.75, 3.05) is 17.7 Å². The molecule has 0 radical (unpaired) electrons. The first-order chi connectivity index (χ1) is 13.4. The van der Waals surface area contributed by atoms with Gasteiger partial charge in [-0.3, -0.25) is 19.1 Å². The maximum absolute atomic E-state index is 13.8. The topological polar surface area (TPSA) is 101 Å². The lowest BCUT2D eigenvalue weighted by Crippen LogP contribution is -2.40. The highest BCUT2D eigenvalue weighted by Crippen LogP contribution is 2.18. The Morgan fingerprint density at radius 2 is 1.75 bits per heavy atom. The molecule has 28 heavy (non-hydrogen) atoms. The van der Waals surface area contributed by atoms with E-state index in [4.69, 9.17) is 5.73 Å². The molecular weight excluding hydrogens is 363 g/mol. The molecule has 0 unspecified atom stereocenters. The molecule has 1 aromatic heterocycles. The molecule has 1 amide bonds. The summed E-state index contributed by atoms with van der Waals surface area (Å²) in [5.74, 6) is -1.19. The number of H-pyrrole nitrogens is 1. The second-order valence-corrected chi connectivity index (χ2v) is 6.29. The zero-order chi connectivity index (χ0) is 20.3. The first kappa shape index (κ1) is 19.1. The van der Waals surface area contributed by atoms with E-state index in [1.807, 2.05) is 30.3 Å². The number of nitrogen functional groups attached to an aromatic ring is 1. The molecule has 3 rings (SSSR count). The Morgan fingerprint density at radius 3 is 2.43 bits per heavy atom. The Labute approximate surface area is 159 Å². The van der Waals surface area contributed by atoms with Gasteiger partial charge >= 0.3 is 5.69 Å². The average Bonchev–Trinajstić information content (AvgIpc) is 2.67. The first-order valence-electron chi connectivity index (χ1n) is 8.55. The van der Waals surface area contributed by atoms with Gasteiger partial charge in [0.05, 0.1) is 13.0 Å². The van der Waals surface area contributed by atoms with Crippen LogP contribution in [0.25, 0.3) is 0 Å². The van der Waals surface area contributed by atoms with Crippen LogP contribution in [0.5, 0.6) is 0 Å². The number of aromatic nitrogens is 2. The highest BCUT2D eigenvalue weighted by atomic mass is 19.1. The average molecular weight is 382 g/mol. The highest BCUT2D eigenvalue weighted by molar-refractivity contribution is 5.96. The van der Waals surface area contributed by atoms with E-state index in [1.165, 1.54) is 29.8 Å². The van der Waals surface area contributed by atoms with Gasteiger partial charge in [-0.15, -0.1) is 0 Å². The fraction of sp³-hybridized carbons (Fsp3) is 0.150. The summed E-state index contributed by atoms with van der Waals surface area (Å²) in [5, 5.41) is 0. The van der Waals surface area contributed by atoms with Gasteiger partial charge in [-0.2, -0.15) is 0 Å². The van der Waals surface area contributed by atoms with Crippen LogP contribution < -0.4 is 21.9 Å². The molecular formula is C20H19FN4O3. The predicted molar refractivity (Wildman–Crippen MR) is 105 cm³/mol. The number of rotatable bonds is 5. The molecule has 1 heterocycles. The summed E-state index contributed by atoms with van der Waals surface area (Å²) in [4.78, 5) is 40.3. The van der Waals surface area contributed by atoms with Gasteiger partial charge in [0, 0.05) is 7.05 Å². The number of hydrogen-bond donors (Lipinski definition) is 2. The third kappa shape index (κ3) is 3.85. The zero-order valence-corrected chi connectivity index (χ0v) is 15.2. The van der Waals surface area contributed by atoms with Crippen molar-refractivity contribution in [3.8, 4) is 0 Å². The number of hydrogen-bond acceptors (Lipinski definition) is 4. The van der Waals surface area contributed by atoms with Crippen molar-refractivity contribution in [3.05, 3.63) is 92.4 Å². The van der Waals surface area contributed by atoms with Crippen molar-refractivity contribution in [1.82, 2.24) is 9.55 Å². The van der Waals surface area contributed by atoms with Gasteiger partial charge in [-0.1, -0.05) is 48.5 Å².